The van der Waals surface area contributed by atoms with Crippen LogP contribution in [-0.2, 0) is 11.3 Å². The summed E-state index contributed by atoms with van der Waals surface area (Å²) >= 11 is 0. The maximum atomic E-state index is 13.8. The third-order valence-electron chi connectivity index (χ3n) is 5.40. The zero-order chi connectivity index (χ0) is 26.9. The van der Waals surface area contributed by atoms with Crippen molar-refractivity contribution in [2.24, 2.45) is 4.99 Å². The van der Waals surface area contributed by atoms with Gasteiger partial charge in [-0.05, 0) is 69.4 Å². The summed E-state index contributed by atoms with van der Waals surface area (Å²) in [6.07, 6.45) is 4.25. The first-order chi connectivity index (χ1) is 16.5. The molecule has 9 heteroatoms. The average molecular weight is 495 g/mol. The molecule has 1 aliphatic carbocycles. The van der Waals surface area contributed by atoms with Gasteiger partial charge >= 0.3 is 0 Å². The van der Waals surface area contributed by atoms with Crippen LogP contribution >= 0.6 is 0 Å². The number of hydrogen-bond acceptors (Lipinski definition) is 4. The highest BCUT2D eigenvalue weighted by atomic mass is 19.2. The molecular weight excluding hydrogens is 457 g/mol. The highest BCUT2D eigenvalue weighted by Crippen LogP contribution is 2.36. The van der Waals surface area contributed by atoms with Crippen LogP contribution in [0.3, 0.4) is 0 Å². The Morgan fingerprint density at radius 2 is 1.80 bits per heavy atom. The fraction of sp³-hybridized carbons (Fsp3) is 0.462. The van der Waals surface area contributed by atoms with Crippen molar-refractivity contribution >= 4 is 11.7 Å². The van der Waals surface area contributed by atoms with E-state index in [1.54, 1.807) is 20.1 Å². The van der Waals surface area contributed by atoms with Gasteiger partial charge in [-0.3, -0.25) is 0 Å². The molecule has 1 aliphatic heterocycles. The number of hydrogen-bond donors (Lipinski definition) is 3. The maximum Gasteiger partial charge on any atom is 0.208 e. The number of aliphatic hydroxyl groups is 1. The van der Waals surface area contributed by atoms with Crippen LogP contribution in [0.5, 0.6) is 0 Å². The predicted octanol–water partition coefficient (Wildman–Crippen LogP) is 5.80. The molecule has 0 radical (unpaired) electrons. The minimum absolute atomic E-state index is 0.0874. The number of methoxy groups -OCH3 is 1. The van der Waals surface area contributed by atoms with E-state index in [2.05, 4.69) is 16.9 Å². The van der Waals surface area contributed by atoms with Gasteiger partial charge in [0.25, 0.3) is 0 Å². The molecule has 0 fully saturated rings. The Balaban J connectivity index is 0.00000145. The summed E-state index contributed by atoms with van der Waals surface area (Å²) in [4.78, 5) is 6.47. The molecule has 3 rings (SSSR count). The van der Waals surface area contributed by atoms with Gasteiger partial charge in [0.15, 0.2) is 17.5 Å². The lowest BCUT2D eigenvalue weighted by atomic mass is 10.1. The molecule has 3 N–H and O–H groups in total. The summed E-state index contributed by atoms with van der Waals surface area (Å²) in [6.45, 7) is 13.5. The van der Waals surface area contributed by atoms with Crippen LogP contribution in [0.1, 0.15) is 59.4 Å². The van der Waals surface area contributed by atoms with Crippen molar-refractivity contribution in [2.75, 3.05) is 14.2 Å². The Morgan fingerprint density at radius 3 is 2.31 bits per heavy atom. The Labute approximate surface area is 206 Å². The van der Waals surface area contributed by atoms with Crippen molar-refractivity contribution in [3.8, 4) is 0 Å². The lowest BCUT2D eigenvalue weighted by Crippen LogP contribution is -2.44. The Kier molecular flexibility index (Phi) is 11.4. The van der Waals surface area contributed by atoms with Gasteiger partial charge in [-0.1, -0.05) is 20.4 Å². The number of rotatable bonds is 6. The molecular formula is C26H37F3N4O2. The van der Waals surface area contributed by atoms with E-state index in [0.717, 1.165) is 49.8 Å². The number of aliphatic hydroxyl groups excluding tert-OH is 1. The Hall–Kier alpha value is -2.91. The Morgan fingerprint density at radius 1 is 1.23 bits per heavy atom. The molecule has 0 atom stereocenters. The zero-order valence-corrected chi connectivity index (χ0v) is 21.7. The van der Waals surface area contributed by atoms with Crippen molar-refractivity contribution < 1.29 is 23.0 Å². The largest absolute Gasteiger partial charge is 0.400 e. The SMILES string of the molecule is C=C1NC(=N/C(=C/C(C)(C)OC)C(C)=N)N(Cc2cc(F)c(F)c(F)c2)C2=C1CCC2.CC.CO. The second kappa shape index (κ2) is 13.3. The number of ether oxygens (including phenoxy) is 1. The van der Waals surface area contributed by atoms with E-state index < -0.39 is 23.1 Å². The minimum atomic E-state index is -1.49. The normalized spacial score (nSPS) is 16.8. The quantitative estimate of drug-likeness (QED) is 0.345. The average Bonchev–Trinajstić information content (AvgIpc) is 3.32. The molecule has 1 aromatic rings. The molecule has 0 saturated heterocycles. The number of aliphatic imine (C=N–C) groups is 1. The molecule has 1 heterocycles. The zero-order valence-electron chi connectivity index (χ0n) is 21.7. The molecule has 0 saturated carbocycles. The van der Waals surface area contributed by atoms with Gasteiger partial charge in [0.2, 0.25) is 5.96 Å². The van der Waals surface area contributed by atoms with Gasteiger partial charge < -0.3 is 25.5 Å². The van der Waals surface area contributed by atoms with Crippen molar-refractivity contribution in [1.29, 1.82) is 5.41 Å². The standard InChI is InChI=1S/C23H27F3N4O.C2H6.CH4O/c1-13(27)19(11-23(3,4)31-5)29-22-28-14(2)16-7-6-8-20(16)30(22)12-15-9-17(24)21(26)18(25)10-15;2*1-2/h9-11,27H,2,6-8,12H2,1,3-5H3,(H,28,29);1-2H3;2H,1H3/b19-11+,27-13?;;. The number of guanidine groups is 1. The molecule has 194 valence electrons. The molecule has 0 spiro atoms. The number of nitrogens with zero attached hydrogens (tertiary/aromatic N) is 2. The lowest BCUT2D eigenvalue weighted by Gasteiger charge is -2.34. The van der Waals surface area contributed by atoms with E-state index in [9.17, 15) is 13.2 Å². The molecule has 1 aromatic carbocycles. The van der Waals surface area contributed by atoms with Gasteiger partial charge in [-0.2, -0.15) is 0 Å². The first kappa shape index (κ1) is 30.1. The van der Waals surface area contributed by atoms with Crippen molar-refractivity contribution in [3.63, 3.8) is 0 Å². The smallest absolute Gasteiger partial charge is 0.208 e. The Bertz CT molecular complexity index is 1010. The molecule has 6 nitrogen and oxygen atoms in total. The van der Waals surface area contributed by atoms with Gasteiger partial charge in [0.1, 0.15) is 0 Å². The molecule has 0 amide bonds. The van der Waals surface area contributed by atoms with Gasteiger partial charge in [-0.25, -0.2) is 18.2 Å². The summed E-state index contributed by atoms with van der Waals surface area (Å²) in [7, 11) is 2.57. The first-order valence-electron chi connectivity index (χ1n) is 11.5. The molecule has 0 unspecified atom stereocenters. The molecule has 0 bridgehead atoms. The fourth-order valence-electron chi connectivity index (χ4n) is 3.62. The molecule has 2 aliphatic rings. The molecule has 35 heavy (non-hydrogen) atoms. The third-order valence-corrected chi connectivity index (χ3v) is 5.40. The number of nitrogens with one attached hydrogen (secondary N) is 2. The van der Waals surface area contributed by atoms with Crippen LogP contribution in [0.15, 0.2) is 52.4 Å². The monoisotopic (exact) mass is 494 g/mol. The van der Waals surface area contributed by atoms with Crippen LogP contribution < -0.4 is 5.32 Å². The van der Waals surface area contributed by atoms with Crippen molar-refractivity contribution in [3.05, 3.63) is 70.5 Å². The number of halogens is 3. The summed E-state index contributed by atoms with van der Waals surface area (Å²) in [5.74, 6) is -3.57. The van der Waals surface area contributed by atoms with E-state index in [1.165, 1.54) is 0 Å². The van der Waals surface area contributed by atoms with Gasteiger partial charge in [0, 0.05) is 25.6 Å². The van der Waals surface area contributed by atoms with Crippen LogP contribution in [0, 0.1) is 22.9 Å². The second-order valence-electron chi connectivity index (χ2n) is 8.24. The number of benzene rings is 1. The highest BCUT2D eigenvalue weighted by molar-refractivity contribution is 5.99. The van der Waals surface area contributed by atoms with Crippen LogP contribution in [-0.4, -0.2) is 41.5 Å². The lowest BCUT2D eigenvalue weighted by molar-refractivity contribution is 0.0651. The van der Waals surface area contributed by atoms with E-state index in [4.69, 9.17) is 15.3 Å². The van der Waals surface area contributed by atoms with Crippen LogP contribution in [0.4, 0.5) is 13.2 Å². The van der Waals surface area contributed by atoms with Crippen LogP contribution in [0.25, 0.3) is 0 Å². The topological polar surface area (TPSA) is 80.9 Å². The predicted molar refractivity (Wildman–Crippen MR) is 135 cm³/mol. The summed E-state index contributed by atoms with van der Waals surface area (Å²) in [5.41, 5.74) is 2.95. The molecule has 0 aromatic heterocycles. The maximum absolute atomic E-state index is 13.8. The van der Waals surface area contributed by atoms with Crippen molar-refractivity contribution in [1.82, 2.24) is 10.2 Å². The first-order valence-corrected chi connectivity index (χ1v) is 11.5. The van der Waals surface area contributed by atoms with E-state index >= 15 is 0 Å². The fourth-order valence-corrected chi connectivity index (χ4v) is 3.62. The van der Waals surface area contributed by atoms with Crippen molar-refractivity contribution in [2.45, 2.75) is 66.0 Å². The summed E-state index contributed by atoms with van der Waals surface area (Å²) < 4.78 is 46.5. The number of allylic oxidation sites excluding steroid dienone is 3. The van der Waals surface area contributed by atoms with Crippen LogP contribution in [0.2, 0.25) is 0 Å². The highest BCUT2D eigenvalue weighted by Gasteiger charge is 2.31. The second-order valence-corrected chi connectivity index (χ2v) is 8.24. The van der Waals surface area contributed by atoms with E-state index in [1.807, 2.05) is 32.6 Å². The van der Waals surface area contributed by atoms with E-state index in [0.29, 0.717) is 17.4 Å². The minimum Gasteiger partial charge on any atom is -0.400 e. The summed E-state index contributed by atoms with van der Waals surface area (Å²) in [6, 6.07) is 1.97. The van der Waals surface area contributed by atoms with Gasteiger partial charge in [0.05, 0.1) is 23.6 Å². The van der Waals surface area contributed by atoms with Gasteiger partial charge in [-0.15, -0.1) is 0 Å². The van der Waals surface area contributed by atoms with E-state index in [-0.39, 0.29) is 17.8 Å². The summed E-state index contributed by atoms with van der Waals surface area (Å²) in [5, 5.41) is 18.3. The third kappa shape index (κ3) is 7.53.